The smallest absolute Gasteiger partial charge is 0.230 e. The van der Waals surface area contributed by atoms with Crippen molar-refractivity contribution in [1.82, 2.24) is 20.1 Å². The number of hydrogen-bond acceptors (Lipinski definition) is 4. The SMILES string of the molecule is Cc1ccc(-c2nnc(SCC(=O)NCCC(c3ccccc3)c3ccccc3)n2-c2ccc(C)cc2)cc1. The number of amides is 1. The number of thioether (sulfide) groups is 1. The van der Waals surface area contributed by atoms with Gasteiger partial charge in [0.15, 0.2) is 11.0 Å². The Balaban J connectivity index is 1.27. The van der Waals surface area contributed by atoms with Crippen LogP contribution >= 0.6 is 11.8 Å². The van der Waals surface area contributed by atoms with Crippen LogP contribution in [0.1, 0.15) is 34.6 Å². The number of nitrogens with zero attached hydrogens (tertiary/aromatic N) is 3. The van der Waals surface area contributed by atoms with Crippen LogP contribution in [0.3, 0.4) is 0 Å². The Morgan fingerprint density at radius 3 is 1.92 bits per heavy atom. The molecule has 4 aromatic carbocycles. The molecule has 5 rings (SSSR count). The second kappa shape index (κ2) is 12.6. The summed E-state index contributed by atoms with van der Waals surface area (Å²) in [6.45, 7) is 4.72. The maximum absolute atomic E-state index is 12.9. The number of nitrogens with one attached hydrogen (secondary N) is 1. The van der Waals surface area contributed by atoms with Crippen LogP contribution in [0, 0.1) is 13.8 Å². The van der Waals surface area contributed by atoms with Gasteiger partial charge in [-0.3, -0.25) is 9.36 Å². The number of carbonyl (C=O) groups excluding carboxylic acids is 1. The highest BCUT2D eigenvalue weighted by Gasteiger charge is 2.18. The van der Waals surface area contributed by atoms with Crippen molar-refractivity contribution in [3.63, 3.8) is 0 Å². The molecule has 0 aliphatic carbocycles. The summed E-state index contributed by atoms with van der Waals surface area (Å²) in [4.78, 5) is 12.9. The topological polar surface area (TPSA) is 59.8 Å². The number of aryl methyl sites for hydroxylation is 2. The molecule has 0 atom stereocenters. The minimum Gasteiger partial charge on any atom is -0.355 e. The molecule has 0 saturated heterocycles. The third kappa shape index (κ3) is 6.65. The predicted octanol–water partition coefficient (Wildman–Crippen LogP) is 6.98. The normalized spacial score (nSPS) is 11.1. The van der Waals surface area contributed by atoms with Gasteiger partial charge in [-0.1, -0.05) is 120 Å². The van der Waals surface area contributed by atoms with Crippen LogP contribution in [0.4, 0.5) is 0 Å². The summed E-state index contributed by atoms with van der Waals surface area (Å²) >= 11 is 1.40. The molecule has 0 saturated carbocycles. The number of hydrogen-bond donors (Lipinski definition) is 1. The maximum atomic E-state index is 12.9. The number of rotatable bonds is 10. The summed E-state index contributed by atoms with van der Waals surface area (Å²) in [6.07, 6.45) is 0.821. The van der Waals surface area contributed by atoms with Gasteiger partial charge in [0, 0.05) is 23.7 Å². The monoisotopic (exact) mass is 532 g/mol. The van der Waals surface area contributed by atoms with Gasteiger partial charge in [-0.15, -0.1) is 10.2 Å². The van der Waals surface area contributed by atoms with Crippen molar-refractivity contribution in [2.75, 3.05) is 12.3 Å². The molecule has 0 radical (unpaired) electrons. The highest BCUT2D eigenvalue weighted by Crippen LogP contribution is 2.29. The lowest BCUT2D eigenvalue weighted by Crippen LogP contribution is -2.27. The molecule has 5 aromatic rings. The molecule has 1 amide bonds. The van der Waals surface area contributed by atoms with Crippen LogP contribution in [-0.4, -0.2) is 33.0 Å². The van der Waals surface area contributed by atoms with Gasteiger partial charge in [0.1, 0.15) is 0 Å². The second-order valence-corrected chi connectivity index (χ2v) is 10.6. The van der Waals surface area contributed by atoms with Crippen molar-refractivity contribution < 1.29 is 4.79 Å². The highest BCUT2D eigenvalue weighted by atomic mass is 32.2. The van der Waals surface area contributed by atoms with Crippen LogP contribution in [0.2, 0.25) is 0 Å². The first-order valence-electron chi connectivity index (χ1n) is 13.2. The van der Waals surface area contributed by atoms with E-state index in [0.717, 1.165) is 23.5 Å². The Morgan fingerprint density at radius 1 is 0.769 bits per heavy atom. The molecule has 1 N–H and O–H groups in total. The van der Waals surface area contributed by atoms with E-state index in [-0.39, 0.29) is 17.6 Å². The molecule has 0 aliphatic rings. The molecule has 1 aromatic heterocycles. The molecule has 0 fully saturated rings. The fraction of sp³-hybridized carbons (Fsp3) is 0.182. The van der Waals surface area contributed by atoms with Gasteiger partial charge in [0.05, 0.1) is 5.75 Å². The van der Waals surface area contributed by atoms with Crippen molar-refractivity contribution in [2.24, 2.45) is 0 Å². The minimum absolute atomic E-state index is 0.0183. The fourth-order valence-electron chi connectivity index (χ4n) is 4.61. The van der Waals surface area contributed by atoms with E-state index in [1.54, 1.807) is 0 Å². The van der Waals surface area contributed by atoms with Crippen molar-refractivity contribution in [1.29, 1.82) is 0 Å². The number of carbonyl (C=O) groups is 1. The van der Waals surface area contributed by atoms with Gasteiger partial charge in [-0.25, -0.2) is 0 Å². The summed E-state index contributed by atoms with van der Waals surface area (Å²) in [5.74, 6) is 1.23. The van der Waals surface area contributed by atoms with E-state index >= 15 is 0 Å². The molecule has 6 heteroatoms. The molecule has 0 spiro atoms. The van der Waals surface area contributed by atoms with Crippen LogP contribution in [0.5, 0.6) is 0 Å². The summed E-state index contributed by atoms with van der Waals surface area (Å²) in [5, 5.41) is 12.8. The number of aromatic nitrogens is 3. The van der Waals surface area contributed by atoms with Gasteiger partial charge in [0.25, 0.3) is 0 Å². The van der Waals surface area contributed by atoms with E-state index in [9.17, 15) is 4.79 Å². The van der Waals surface area contributed by atoms with E-state index in [2.05, 4.69) is 126 Å². The molecule has 0 bridgehead atoms. The van der Waals surface area contributed by atoms with Crippen molar-refractivity contribution in [2.45, 2.75) is 31.3 Å². The standard InChI is InChI=1S/C33H32N4OS/c1-24-13-17-28(18-14-24)32-35-36-33(37(32)29-19-15-25(2)16-20-29)39-23-31(38)34-22-21-30(26-9-5-3-6-10-26)27-11-7-4-8-12-27/h3-20,30H,21-23H2,1-2H3,(H,34,38). The van der Waals surface area contributed by atoms with Crippen molar-refractivity contribution >= 4 is 17.7 Å². The Bertz CT molecular complexity index is 1460. The minimum atomic E-state index is -0.0183. The Kier molecular flexibility index (Phi) is 8.54. The molecule has 0 unspecified atom stereocenters. The summed E-state index contributed by atoms with van der Waals surface area (Å²) in [5.41, 5.74) is 6.83. The molecular weight excluding hydrogens is 500 g/mol. The lowest BCUT2D eigenvalue weighted by molar-refractivity contribution is -0.118. The summed E-state index contributed by atoms with van der Waals surface area (Å²) in [7, 11) is 0. The zero-order valence-electron chi connectivity index (χ0n) is 22.2. The third-order valence-electron chi connectivity index (χ3n) is 6.73. The zero-order chi connectivity index (χ0) is 27.0. The van der Waals surface area contributed by atoms with Crippen LogP contribution in [-0.2, 0) is 4.79 Å². The van der Waals surface area contributed by atoms with Crippen LogP contribution in [0.25, 0.3) is 17.1 Å². The Morgan fingerprint density at radius 2 is 1.33 bits per heavy atom. The van der Waals surface area contributed by atoms with E-state index < -0.39 is 0 Å². The maximum Gasteiger partial charge on any atom is 0.230 e. The lowest BCUT2D eigenvalue weighted by atomic mass is 9.88. The van der Waals surface area contributed by atoms with Crippen molar-refractivity contribution in [3.8, 4) is 17.1 Å². The van der Waals surface area contributed by atoms with E-state index in [1.165, 1.54) is 34.0 Å². The van der Waals surface area contributed by atoms with Crippen LogP contribution < -0.4 is 5.32 Å². The first-order valence-corrected chi connectivity index (χ1v) is 14.2. The fourth-order valence-corrected chi connectivity index (χ4v) is 5.39. The van der Waals surface area contributed by atoms with E-state index in [0.29, 0.717) is 11.7 Å². The predicted molar refractivity (Wildman–Crippen MR) is 159 cm³/mol. The van der Waals surface area contributed by atoms with Crippen LogP contribution in [0.15, 0.2) is 114 Å². The molecule has 39 heavy (non-hydrogen) atoms. The third-order valence-corrected chi connectivity index (χ3v) is 7.66. The van der Waals surface area contributed by atoms with Gasteiger partial charge in [0.2, 0.25) is 5.91 Å². The molecule has 0 aliphatic heterocycles. The summed E-state index contributed by atoms with van der Waals surface area (Å²) < 4.78 is 2.03. The van der Waals surface area contributed by atoms with Gasteiger partial charge >= 0.3 is 0 Å². The second-order valence-electron chi connectivity index (χ2n) is 9.64. The first kappa shape index (κ1) is 26.4. The molecule has 196 valence electrons. The zero-order valence-corrected chi connectivity index (χ0v) is 23.1. The Labute approximate surface area is 234 Å². The Hall–Kier alpha value is -4.16. The largest absolute Gasteiger partial charge is 0.355 e. The summed E-state index contributed by atoms with van der Waals surface area (Å²) in [6, 6.07) is 37.5. The van der Waals surface area contributed by atoms with Gasteiger partial charge < -0.3 is 5.32 Å². The molecule has 1 heterocycles. The van der Waals surface area contributed by atoms with Gasteiger partial charge in [-0.2, -0.15) is 0 Å². The van der Waals surface area contributed by atoms with Crippen molar-refractivity contribution in [3.05, 3.63) is 131 Å². The lowest BCUT2D eigenvalue weighted by Gasteiger charge is -2.18. The average molecular weight is 533 g/mol. The quantitative estimate of drug-likeness (QED) is 0.197. The molecule has 5 nitrogen and oxygen atoms in total. The molecular formula is C33H32N4OS. The van der Waals surface area contributed by atoms with Gasteiger partial charge in [-0.05, 0) is 43.5 Å². The highest BCUT2D eigenvalue weighted by molar-refractivity contribution is 7.99. The van der Waals surface area contributed by atoms with E-state index in [4.69, 9.17) is 0 Å². The number of benzene rings is 4. The van der Waals surface area contributed by atoms with E-state index in [1.807, 2.05) is 16.7 Å². The average Bonchev–Trinajstić information content (AvgIpc) is 3.40. The first-order chi connectivity index (χ1) is 19.1.